The van der Waals surface area contributed by atoms with E-state index >= 15 is 0 Å². The average Bonchev–Trinajstić information content (AvgIpc) is 1.41. The van der Waals surface area contributed by atoms with Crippen molar-refractivity contribution in [3.05, 3.63) is 166 Å². The third-order valence-electron chi connectivity index (χ3n) is 17.3. The standard InChI is InChI=1S/C25H23N3O2.C21H36N6O6.C20H32N4O5S.C11H22N2O4/c26-23(24(29)30)16-22-17-28(18-27-22)25(19-10-4-1-5-11-19,20-12-6-2-7-13-20)21-14-8-3-9-15-21;1-5-14(22)17(28)27-16(10-13-11-23-12-25-13)18(29)26-15(19(30)31)8-6-7-9-24-20(32)33-21(2,3)4;1-11-12(2)17(13(3)14-8-9-20(4,5)29-16(11)14)30(27,28)24-19(22)23-10-6-7-15(21)18(25)26;1-11(2,3)17-10(16)13-7-5-4-6-8(12)9(14)15/h1-15,17-18,23H,16,26H2,(H,29,30);11-12,14-16H,5-10,22H2,1-4H3,(H,23,25)(H,24,32)(H,26,29)(H,27,28)(H,30,31);15H,6-10,21H2,1-5H3,(H,25,26)(H3,22,23,24);8H,4-7,12H2,1-3H3,(H,13,16)(H,14,15). The molecule has 6 unspecified atom stereocenters. The number of carbonyl (C=O) groups is 8. The van der Waals surface area contributed by atoms with Crippen LogP contribution in [0.25, 0.3) is 0 Å². The Balaban J connectivity index is 0.000000317. The number of aromatic nitrogens is 4. The Morgan fingerprint density at radius 3 is 1.57 bits per heavy atom. The molecule has 0 saturated carbocycles. The molecule has 0 radical (unpaired) electrons. The number of benzene rings is 4. The number of amides is 4. The molecule has 7 rings (SSSR count). The van der Waals surface area contributed by atoms with E-state index in [-0.39, 0.29) is 48.7 Å². The Morgan fingerprint density at radius 2 is 1.12 bits per heavy atom. The molecular weight excluding hydrogens is 1440 g/mol. The molecular formula is C77H113N15O17S. The quantitative estimate of drug-likeness (QED) is 0.00880. The fourth-order valence-electron chi connectivity index (χ4n) is 11.5. The summed E-state index contributed by atoms with van der Waals surface area (Å²) in [5.74, 6) is -4.94. The van der Waals surface area contributed by atoms with Crippen LogP contribution in [-0.4, -0.2) is 175 Å². The van der Waals surface area contributed by atoms with Crippen LogP contribution in [0, 0.1) is 20.8 Å². The summed E-state index contributed by atoms with van der Waals surface area (Å²) in [6.45, 7) is 22.7. The molecule has 32 nitrogen and oxygen atoms in total. The van der Waals surface area contributed by atoms with Gasteiger partial charge < -0.3 is 94.1 Å². The molecule has 1 aliphatic rings. The lowest BCUT2D eigenvalue weighted by atomic mass is 9.77. The number of aromatic amines is 1. The fraction of sp³-hybridized carbons (Fsp3) is 0.494. The summed E-state index contributed by atoms with van der Waals surface area (Å²) in [5.41, 5.74) is 33.4. The molecule has 0 spiro atoms. The van der Waals surface area contributed by atoms with Gasteiger partial charge >= 0.3 is 36.1 Å². The van der Waals surface area contributed by atoms with Gasteiger partial charge in [0.2, 0.25) is 17.8 Å². The van der Waals surface area contributed by atoms with E-state index in [1.165, 1.54) is 12.5 Å². The number of H-pyrrole nitrogens is 1. The van der Waals surface area contributed by atoms with Gasteiger partial charge in [-0.3, -0.25) is 29.0 Å². The minimum Gasteiger partial charge on any atom is -0.487 e. The minimum absolute atomic E-state index is 0.0974. The second kappa shape index (κ2) is 43.1. The van der Waals surface area contributed by atoms with E-state index in [1.807, 2.05) is 81.6 Å². The van der Waals surface area contributed by atoms with E-state index in [0.717, 1.165) is 46.4 Å². The zero-order chi connectivity index (χ0) is 82.3. The van der Waals surface area contributed by atoms with Crippen LogP contribution in [0.15, 0.2) is 126 Å². The number of aliphatic carboxylic acids is 4. The van der Waals surface area contributed by atoms with Crippen molar-refractivity contribution in [2.75, 3.05) is 19.6 Å². The highest BCUT2D eigenvalue weighted by atomic mass is 32.2. The van der Waals surface area contributed by atoms with Crippen LogP contribution >= 0.6 is 0 Å². The Labute approximate surface area is 643 Å². The Hall–Kier alpha value is -10.5. The van der Waals surface area contributed by atoms with Gasteiger partial charge in [-0.25, -0.2) is 37.5 Å². The largest absolute Gasteiger partial charge is 0.487 e. The van der Waals surface area contributed by atoms with Crippen LogP contribution in [0.5, 0.6) is 5.75 Å². The second-order valence-electron chi connectivity index (χ2n) is 29.1. The summed E-state index contributed by atoms with van der Waals surface area (Å²) < 4.78 is 46.8. The third kappa shape index (κ3) is 29.8. The van der Waals surface area contributed by atoms with Crippen LogP contribution < -0.4 is 59.4 Å². The lowest BCUT2D eigenvalue weighted by Crippen LogP contribution is -2.55. The number of sulfonamides is 1. The number of carboxylic acids is 4. The highest BCUT2D eigenvalue weighted by Gasteiger charge is 2.39. The minimum atomic E-state index is -3.95. The zero-order valence-corrected chi connectivity index (χ0v) is 65.7. The molecule has 110 heavy (non-hydrogen) atoms. The highest BCUT2D eigenvalue weighted by molar-refractivity contribution is 7.90. The zero-order valence-electron chi connectivity index (χ0n) is 64.9. The van der Waals surface area contributed by atoms with Crippen molar-refractivity contribution in [3.8, 4) is 5.75 Å². The third-order valence-corrected chi connectivity index (χ3v) is 18.9. The molecule has 0 bridgehead atoms. The first-order valence-electron chi connectivity index (χ1n) is 36.3. The lowest BCUT2D eigenvalue weighted by molar-refractivity contribution is -0.142. The number of nitrogens with two attached hydrogens (primary N) is 5. The van der Waals surface area contributed by atoms with Gasteiger partial charge in [0, 0.05) is 50.6 Å². The van der Waals surface area contributed by atoms with Crippen molar-refractivity contribution in [3.63, 3.8) is 0 Å². The first-order chi connectivity index (χ1) is 51.5. The number of unbranched alkanes of at least 4 members (excludes halogenated alkanes) is 2. The SMILES string of the molecule is CC(C)(C)OC(=O)NCCCCC(N)C(=O)O.CCC(N)C(=O)NC(Cc1cnc[nH]1)C(=O)NC(CCCCNC(=O)OC(C)(C)C)C(=O)O.Cc1c(C)c(S(=O)(=O)NC(N)=NCCCC(N)C(=O)O)c(C)c2c1OC(C)(C)CC2.NC(Cc1cn(C(c2ccccc2)(c2ccccc2)c2ccccc2)cn1)C(=O)O. The lowest BCUT2D eigenvalue weighted by Gasteiger charge is -2.37. The van der Waals surface area contributed by atoms with Crippen molar-refractivity contribution in [1.29, 1.82) is 0 Å². The van der Waals surface area contributed by atoms with Crippen LogP contribution in [0.1, 0.15) is 177 Å². The van der Waals surface area contributed by atoms with Crippen molar-refractivity contribution in [1.82, 2.24) is 45.5 Å². The summed E-state index contributed by atoms with van der Waals surface area (Å²) in [4.78, 5) is 107. The van der Waals surface area contributed by atoms with E-state index < -0.39 is 111 Å². The van der Waals surface area contributed by atoms with Gasteiger partial charge in [0.15, 0.2) is 0 Å². The maximum atomic E-state index is 13.1. The number of nitrogens with zero attached hydrogens (tertiary/aromatic N) is 4. The topological polar surface area (TPSA) is 528 Å². The Bertz CT molecular complexity index is 4020. The molecule has 0 fully saturated rings. The monoisotopic (exact) mass is 1550 g/mol. The summed E-state index contributed by atoms with van der Waals surface area (Å²) >= 11 is 0. The number of ether oxygens (including phenoxy) is 3. The molecule has 1 aliphatic heterocycles. The smallest absolute Gasteiger partial charge is 0.407 e. The van der Waals surface area contributed by atoms with Gasteiger partial charge in [-0.05, 0) is 186 Å². The molecule has 33 heteroatoms. The van der Waals surface area contributed by atoms with Gasteiger partial charge in [0.05, 0.1) is 29.3 Å². The number of guanidine groups is 1. The predicted octanol–water partition coefficient (Wildman–Crippen LogP) is 6.71. The molecule has 0 aliphatic carbocycles. The first-order valence-corrected chi connectivity index (χ1v) is 37.8. The molecule has 604 valence electrons. The van der Waals surface area contributed by atoms with Gasteiger partial charge in [0.1, 0.15) is 58.3 Å². The number of imidazole rings is 2. The van der Waals surface area contributed by atoms with E-state index in [1.54, 1.807) is 68.6 Å². The fourth-order valence-corrected chi connectivity index (χ4v) is 13.0. The number of nitrogens with one attached hydrogen (secondary N) is 6. The number of alkyl carbamates (subject to hydrolysis) is 2. The van der Waals surface area contributed by atoms with Crippen LogP contribution in [0.2, 0.25) is 0 Å². The Morgan fingerprint density at radius 1 is 0.636 bits per heavy atom. The molecule has 20 N–H and O–H groups in total. The van der Waals surface area contributed by atoms with Gasteiger partial charge in [-0.15, -0.1) is 0 Å². The van der Waals surface area contributed by atoms with Crippen molar-refractivity contribution >= 4 is 63.9 Å². The van der Waals surface area contributed by atoms with E-state index in [2.05, 4.69) is 86.9 Å². The number of hydrogen-bond donors (Lipinski definition) is 15. The number of carboxylic acid groups (broad SMARTS) is 4. The molecule has 4 aromatic carbocycles. The van der Waals surface area contributed by atoms with Gasteiger partial charge in [0.25, 0.3) is 10.0 Å². The van der Waals surface area contributed by atoms with E-state index in [9.17, 15) is 57.0 Å². The number of rotatable bonds is 33. The molecule has 6 atom stereocenters. The summed E-state index contributed by atoms with van der Waals surface area (Å²) in [6.07, 6.45) is 11.2. The molecule has 0 saturated heterocycles. The van der Waals surface area contributed by atoms with Crippen molar-refractivity contribution < 1.29 is 81.4 Å². The maximum Gasteiger partial charge on any atom is 0.407 e. The summed E-state index contributed by atoms with van der Waals surface area (Å²) in [6, 6.07) is 25.0. The number of aliphatic imine (C=N–C) groups is 1. The molecule has 3 heterocycles. The molecule has 2 aromatic heterocycles. The average molecular weight is 1550 g/mol. The van der Waals surface area contributed by atoms with Crippen LogP contribution in [0.3, 0.4) is 0 Å². The number of carbonyl (C=O) groups excluding carboxylic acids is 4. The van der Waals surface area contributed by atoms with E-state index in [4.69, 9.17) is 53.1 Å². The molecule has 6 aromatic rings. The molecule has 4 amide bonds. The van der Waals surface area contributed by atoms with E-state index in [0.29, 0.717) is 80.6 Å². The first kappa shape index (κ1) is 91.9. The predicted molar refractivity (Wildman–Crippen MR) is 415 cm³/mol. The highest BCUT2D eigenvalue weighted by Crippen LogP contribution is 2.43. The maximum absolute atomic E-state index is 13.1. The number of fused-ring (bicyclic) bond motifs is 1. The van der Waals surface area contributed by atoms with Crippen LogP contribution in [-0.2, 0) is 73.1 Å². The van der Waals surface area contributed by atoms with Crippen molar-refractivity contribution in [2.45, 2.75) is 230 Å². The Kier molecular flexibility index (Phi) is 36.0. The normalized spacial score (nSPS) is 14.2. The summed E-state index contributed by atoms with van der Waals surface area (Å²) in [7, 11) is -3.95. The second-order valence-corrected chi connectivity index (χ2v) is 30.7. The summed E-state index contributed by atoms with van der Waals surface area (Å²) in [5, 5.41) is 46.3. The number of hydrogen-bond acceptors (Lipinski definition) is 20. The van der Waals surface area contributed by atoms with Gasteiger partial charge in [-0.2, -0.15) is 0 Å². The van der Waals surface area contributed by atoms with Gasteiger partial charge in [-0.1, -0.05) is 97.9 Å². The van der Waals surface area contributed by atoms with Crippen molar-refractivity contribution in [2.24, 2.45) is 33.7 Å². The van der Waals surface area contributed by atoms with Crippen LogP contribution in [0.4, 0.5) is 9.59 Å².